The van der Waals surface area contributed by atoms with Crippen LogP contribution in [0.2, 0.25) is 0 Å². The Labute approximate surface area is 154 Å². The monoisotopic (exact) mass is 347 g/mol. The van der Waals surface area contributed by atoms with Crippen molar-refractivity contribution in [3.63, 3.8) is 0 Å². The van der Waals surface area contributed by atoms with E-state index in [4.69, 9.17) is 0 Å². The summed E-state index contributed by atoms with van der Waals surface area (Å²) in [7, 11) is 6.04. The van der Waals surface area contributed by atoms with E-state index in [1.165, 1.54) is 5.56 Å². The largest absolute Gasteiger partial charge is 0.355 e. The Kier molecular flexibility index (Phi) is 9.53. The smallest absolute Gasteiger partial charge is 0.191 e. The lowest BCUT2D eigenvalue weighted by atomic mass is 10.1. The summed E-state index contributed by atoms with van der Waals surface area (Å²) in [6.45, 7) is 11.7. The third-order valence-corrected chi connectivity index (χ3v) is 4.48. The molecule has 5 nitrogen and oxygen atoms in total. The van der Waals surface area contributed by atoms with Gasteiger partial charge in [-0.05, 0) is 47.4 Å². The molecule has 142 valence electrons. The van der Waals surface area contributed by atoms with E-state index in [-0.39, 0.29) is 0 Å². The van der Waals surface area contributed by atoms with Crippen molar-refractivity contribution in [3.8, 4) is 0 Å². The van der Waals surface area contributed by atoms with Crippen molar-refractivity contribution in [2.24, 2.45) is 4.99 Å². The number of nitrogens with zero attached hydrogens (tertiary/aromatic N) is 3. The van der Waals surface area contributed by atoms with Gasteiger partial charge in [0.15, 0.2) is 5.96 Å². The van der Waals surface area contributed by atoms with Crippen LogP contribution < -0.4 is 10.6 Å². The number of nitrogens with one attached hydrogen (secondary N) is 2. The summed E-state index contributed by atoms with van der Waals surface area (Å²) in [4.78, 5) is 9.07. The summed E-state index contributed by atoms with van der Waals surface area (Å²) in [5, 5.41) is 6.89. The van der Waals surface area contributed by atoms with Crippen LogP contribution in [0.5, 0.6) is 0 Å². The van der Waals surface area contributed by atoms with Crippen LogP contribution in [0, 0.1) is 0 Å². The summed E-state index contributed by atoms with van der Waals surface area (Å²) in [6.07, 6.45) is 0. The van der Waals surface area contributed by atoms with Crippen molar-refractivity contribution in [2.45, 2.75) is 45.8 Å². The molecule has 0 saturated heterocycles. The molecule has 1 unspecified atom stereocenters. The Morgan fingerprint density at radius 1 is 1.00 bits per heavy atom. The van der Waals surface area contributed by atoms with E-state index in [1.807, 2.05) is 7.05 Å². The molecule has 0 fully saturated rings. The summed E-state index contributed by atoms with van der Waals surface area (Å²) in [5.41, 5.74) is 1.31. The van der Waals surface area contributed by atoms with Crippen LogP contribution >= 0.6 is 0 Å². The molecule has 1 aromatic rings. The maximum Gasteiger partial charge on any atom is 0.191 e. The Bertz CT molecular complexity index is 488. The van der Waals surface area contributed by atoms with Crippen molar-refractivity contribution in [3.05, 3.63) is 35.9 Å². The van der Waals surface area contributed by atoms with Crippen LogP contribution in [0.25, 0.3) is 0 Å². The van der Waals surface area contributed by atoms with Gasteiger partial charge in [-0.2, -0.15) is 0 Å². The molecule has 2 N–H and O–H groups in total. The van der Waals surface area contributed by atoms with Crippen LogP contribution in [0.1, 0.15) is 39.3 Å². The third-order valence-electron chi connectivity index (χ3n) is 4.48. The van der Waals surface area contributed by atoms with Crippen LogP contribution in [0.4, 0.5) is 0 Å². The van der Waals surface area contributed by atoms with Crippen molar-refractivity contribution in [1.82, 2.24) is 20.4 Å². The first-order chi connectivity index (χ1) is 11.9. The van der Waals surface area contributed by atoms with Crippen LogP contribution in [-0.4, -0.2) is 68.6 Å². The third kappa shape index (κ3) is 7.45. The molecule has 1 aromatic carbocycles. The number of likely N-dealkylation sites (N-methyl/N-ethyl adjacent to an activating group) is 1. The lowest BCUT2D eigenvalue weighted by molar-refractivity contribution is 0.178. The van der Waals surface area contributed by atoms with E-state index < -0.39 is 0 Å². The maximum atomic E-state index is 4.36. The molecule has 0 aliphatic rings. The van der Waals surface area contributed by atoms with E-state index in [0.717, 1.165) is 25.6 Å². The zero-order chi connectivity index (χ0) is 18.8. The quantitative estimate of drug-likeness (QED) is 0.532. The highest BCUT2D eigenvalue weighted by atomic mass is 15.2. The lowest BCUT2D eigenvalue weighted by Crippen LogP contribution is -2.46. The van der Waals surface area contributed by atoms with Crippen LogP contribution in [0.3, 0.4) is 0 Å². The topological polar surface area (TPSA) is 42.9 Å². The summed E-state index contributed by atoms with van der Waals surface area (Å²) in [6, 6.07) is 12.0. The molecular weight excluding hydrogens is 310 g/mol. The average molecular weight is 348 g/mol. The van der Waals surface area contributed by atoms with E-state index >= 15 is 0 Å². The molecule has 0 amide bonds. The second-order valence-electron chi connectivity index (χ2n) is 7.20. The fourth-order valence-corrected chi connectivity index (χ4v) is 3.10. The summed E-state index contributed by atoms with van der Waals surface area (Å²) >= 11 is 0. The van der Waals surface area contributed by atoms with E-state index in [1.54, 1.807) is 0 Å². The first kappa shape index (κ1) is 21.5. The Balaban J connectivity index is 2.53. The first-order valence-electron chi connectivity index (χ1n) is 9.28. The summed E-state index contributed by atoms with van der Waals surface area (Å²) in [5.74, 6) is 0.857. The molecule has 25 heavy (non-hydrogen) atoms. The molecule has 0 spiro atoms. The minimum atomic E-state index is 0.308. The molecule has 0 aliphatic heterocycles. The minimum absolute atomic E-state index is 0.308. The fourth-order valence-electron chi connectivity index (χ4n) is 3.10. The van der Waals surface area contributed by atoms with Crippen LogP contribution in [-0.2, 0) is 0 Å². The molecule has 0 aliphatic carbocycles. The molecule has 1 rings (SSSR count). The van der Waals surface area contributed by atoms with E-state index in [9.17, 15) is 0 Å². The first-order valence-corrected chi connectivity index (χ1v) is 9.28. The molecule has 0 aromatic heterocycles. The van der Waals surface area contributed by atoms with Gasteiger partial charge < -0.3 is 15.5 Å². The molecule has 1 atom stereocenters. The predicted molar refractivity (Wildman–Crippen MR) is 109 cm³/mol. The normalized spacial score (nSPS) is 13.8. The lowest BCUT2D eigenvalue weighted by Gasteiger charge is -2.31. The second-order valence-corrected chi connectivity index (χ2v) is 7.20. The van der Waals surface area contributed by atoms with E-state index in [0.29, 0.717) is 18.1 Å². The average Bonchev–Trinajstić information content (AvgIpc) is 2.56. The number of hydrogen-bond acceptors (Lipinski definition) is 3. The maximum absolute atomic E-state index is 4.36. The van der Waals surface area contributed by atoms with Gasteiger partial charge in [0.05, 0.1) is 6.04 Å². The van der Waals surface area contributed by atoms with Gasteiger partial charge in [0.25, 0.3) is 0 Å². The molecule has 0 bridgehead atoms. The zero-order valence-electron chi connectivity index (χ0n) is 17.1. The number of hydrogen-bond donors (Lipinski definition) is 2. The Morgan fingerprint density at radius 3 is 2.08 bits per heavy atom. The van der Waals surface area contributed by atoms with Gasteiger partial charge in [0.2, 0.25) is 0 Å². The zero-order valence-corrected chi connectivity index (χ0v) is 17.1. The van der Waals surface area contributed by atoms with Gasteiger partial charge in [-0.3, -0.25) is 9.89 Å². The number of aliphatic imine (C=N–C) groups is 1. The van der Waals surface area contributed by atoms with Crippen molar-refractivity contribution in [1.29, 1.82) is 0 Å². The highest BCUT2D eigenvalue weighted by Crippen LogP contribution is 2.16. The SMILES string of the molecule is CN=C(NCCN(C(C)C)C(C)C)NCC(c1ccccc1)N(C)C. The molecular formula is C20H37N5. The van der Waals surface area contributed by atoms with E-state index in [2.05, 4.69) is 97.5 Å². The van der Waals surface area contributed by atoms with Gasteiger partial charge in [-0.15, -0.1) is 0 Å². The van der Waals surface area contributed by atoms with Crippen molar-refractivity contribution < 1.29 is 0 Å². The predicted octanol–water partition coefficient (Wildman–Crippen LogP) is 2.57. The molecule has 0 heterocycles. The molecule has 0 saturated carbocycles. The van der Waals surface area contributed by atoms with Crippen LogP contribution in [0.15, 0.2) is 35.3 Å². The van der Waals surface area contributed by atoms with Crippen molar-refractivity contribution in [2.75, 3.05) is 40.8 Å². The highest BCUT2D eigenvalue weighted by molar-refractivity contribution is 5.79. The Morgan fingerprint density at radius 2 is 1.60 bits per heavy atom. The summed E-state index contributed by atoms with van der Waals surface area (Å²) < 4.78 is 0. The minimum Gasteiger partial charge on any atom is -0.355 e. The van der Waals surface area contributed by atoms with Gasteiger partial charge in [-0.1, -0.05) is 30.3 Å². The standard InChI is InChI=1S/C20H37N5/c1-16(2)25(17(3)4)14-13-22-20(21-5)23-15-19(24(6)7)18-11-9-8-10-12-18/h8-12,16-17,19H,13-15H2,1-7H3,(H2,21,22,23). The number of rotatable bonds is 9. The molecule has 0 radical (unpaired) electrons. The second kappa shape index (κ2) is 11.1. The fraction of sp³-hybridized carbons (Fsp3) is 0.650. The van der Waals surface area contributed by atoms with Gasteiger partial charge in [0, 0.05) is 38.8 Å². The number of benzene rings is 1. The highest BCUT2D eigenvalue weighted by Gasteiger charge is 2.15. The van der Waals surface area contributed by atoms with Gasteiger partial charge in [-0.25, -0.2) is 0 Å². The van der Waals surface area contributed by atoms with Gasteiger partial charge in [0.1, 0.15) is 0 Å². The van der Waals surface area contributed by atoms with Gasteiger partial charge >= 0.3 is 0 Å². The molecule has 5 heteroatoms. The number of guanidine groups is 1. The Hall–Kier alpha value is -1.59. The van der Waals surface area contributed by atoms with Crippen molar-refractivity contribution >= 4 is 5.96 Å².